The highest BCUT2D eigenvalue weighted by molar-refractivity contribution is 5.90. The van der Waals surface area contributed by atoms with Crippen molar-refractivity contribution in [3.63, 3.8) is 0 Å². The summed E-state index contributed by atoms with van der Waals surface area (Å²) in [6, 6.07) is 0. The van der Waals surface area contributed by atoms with Gasteiger partial charge in [0.2, 0.25) is 0 Å². The monoisotopic (exact) mass is 234 g/mol. The summed E-state index contributed by atoms with van der Waals surface area (Å²) in [6.07, 6.45) is 5.83. The van der Waals surface area contributed by atoms with Crippen LogP contribution in [-0.2, 0) is 4.79 Å². The molecule has 0 aromatic heterocycles. The van der Waals surface area contributed by atoms with E-state index in [4.69, 9.17) is 5.11 Å². The summed E-state index contributed by atoms with van der Waals surface area (Å²) in [4.78, 5) is 11.0. The fraction of sp³-hybridized carbons (Fsp3) is 0.615. The lowest BCUT2D eigenvalue weighted by atomic mass is 9.75. The highest BCUT2D eigenvalue weighted by Crippen LogP contribution is 2.36. The van der Waals surface area contributed by atoms with E-state index in [9.17, 15) is 4.79 Å². The maximum atomic E-state index is 11.0. The maximum absolute atomic E-state index is 11.0. The van der Waals surface area contributed by atoms with Gasteiger partial charge in [-0.05, 0) is 43.3 Å². The maximum Gasteiger partial charge on any atom is 0.335 e. The highest BCUT2D eigenvalue weighted by Gasteiger charge is 2.39. The Morgan fingerprint density at radius 3 is 2.76 bits per heavy atom. The Kier molecular flexibility index (Phi) is 2.76. The molecular formula is C13H18N2O2. The molecule has 4 unspecified atom stereocenters. The van der Waals surface area contributed by atoms with E-state index < -0.39 is 5.97 Å². The number of rotatable bonds is 1. The molecule has 3 aliphatic rings. The molecule has 2 heterocycles. The van der Waals surface area contributed by atoms with Crippen LogP contribution in [0.25, 0.3) is 0 Å². The number of carboxylic acid groups (broad SMARTS) is 1. The van der Waals surface area contributed by atoms with E-state index in [-0.39, 0.29) is 0 Å². The van der Waals surface area contributed by atoms with Crippen LogP contribution in [0.15, 0.2) is 23.8 Å². The standard InChI is InChI=1S/C13H18N2O2/c16-13(17)8-1-2-11-9(3-8)4-14-5-10-6-15-7-12(10)11/h1-3,9-12,14-15H,4-7H2,(H,16,17). The number of carbonyl (C=O) groups is 1. The van der Waals surface area contributed by atoms with Crippen LogP contribution in [-0.4, -0.2) is 37.3 Å². The van der Waals surface area contributed by atoms with Gasteiger partial charge in [0.25, 0.3) is 0 Å². The molecule has 0 aromatic carbocycles. The van der Waals surface area contributed by atoms with Crippen molar-refractivity contribution in [2.75, 3.05) is 26.2 Å². The van der Waals surface area contributed by atoms with Crippen molar-refractivity contribution in [1.82, 2.24) is 10.6 Å². The average molecular weight is 234 g/mol. The number of carboxylic acids is 1. The van der Waals surface area contributed by atoms with Crippen molar-refractivity contribution in [3.8, 4) is 0 Å². The summed E-state index contributed by atoms with van der Waals surface area (Å²) in [6.45, 7) is 4.10. The van der Waals surface area contributed by atoms with Gasteiger partial charge < -0.3 is 15.7 Å². The van der Waals surface area contributed by atoms with Crippen LogP contribution in [0.4, 0.5) is 0 Å². The molecule has 4 atom stereocenters. The molecule has 92 valence electrons. The first-order valence-corrected chi connectivity index (χ1v) is 6.30. The fourth-order valence-electron chi connectivity index (χ4n) is 3.42. The van der Waals surface area contributed by atoms with Crippen LogP contribution in [0, 0.1) is 23.7 Å². The third-order valence-electron chi connectivity index (χ3n) is 4.31. The van der Waals surface area contributed by atoms with Gasteiger partial charge in [-0.15, -0.1) is 0 Å². The van der Waals surface area contributed by atoms with E-state index in [0.29, 0.717) is 29.2 Å². The Hall–Kier alpha value is -1.13. The van der Waals surface area contributed by atoms with E-state index in [1.807, 2.05) is 6.08 Å². The number of nitrogens with one attached hydrogen (secondary N) is 2. The molecule has 2 saturated heterocycles. The highest BCUT2D eigenvalue weighted by atomic mass is 16.4. The molecule has 1 aliphatic carbocycles. The van der Waals surface area contributed by atoms with Crippen molar-refractivity contribution < 1.29 is 9.90 Å². The molecule has 0 saturated carbocycles. The molecule has 3 N–H and O–H groups in total. The van der Waals surface area contributed by atoms with Crippen LogP contribution >= 0.6 is 0 Å². The molecule has 3 rings (SSSR count). The first-order valence-electron chi connectivity index (χ1n) is 6.30. The van der Waals surface area contributed by atoms with Crippen molar-refractivity contribution >= 4 is 5.97 Å². The summed E-state index contributed by atoms with van der Waals surface area (Å²) in [5.74, 6) is 1.35. The zero-order chi connectivity index (χ0) is 11.8. The third kappa shape index (κ3) is 1.91. The number of hydrogen-bond donors (Lipinski definition) is 3. The molecule has 17 heavy (non-hydrogen) atoms. The Labute approximate surface area is 101 Å². The lowest BCUT2D eigenvalue weighted by Gasteiger charge is -2.29. The van der Waals surface area contributed by atoms with Gasteiger partial charge in [0.1, 0.15) is 0 Å². The average Bonchev–Trinajstić information content (AvgIpc) is 2.71. The second-order valence-corrected chi connectivity index (χ2v) is 5.27. The Balaban J connectivity index is 1.86. The quantitative estimate of drug-likeness (QED) is 0.608. The summed E-state index contributed by atoms with van der Waals surface area (Å²) < 4.78 is 0. The van der Waals surface area contributed by atoms with Gasteiger partial charge in [-0.3, -0.25) is 0 Å². The van der Waals surface area contributed by atoms with Gasteiger partial charge in [-0.1, -0.05) is 18.2 Å². The summed E-state index contributed by atoms with van der Waals surface area (Å²) in [5.41, 5.74) is 0.442. The zero-order valence-corrected chi connectivity index (χ0v) is 9.73. The largest absolute Gasteiger partial charge is 0.478 e. The summed E-state index contributed by atoms with van der Waals surface area (Å²) in [5, 5.41) is 15.9. The summed E-state index contributed by atoms with van der Waals surface area (Å²) >= 11 is 0. The lowest BCUT2D eigenvalue weighted by Crippen LogP contribution is -2.29. The minimum absolute atomic E-state index is 0.334. The number of fused-ring (bicyclic) bond motifs is 3. The van der Waals surface area contributed by atoms with Crippen molar-refractivity contribution in [2.45, 2.75) is 0 Å². The number of allylic oxidation sites excluding steroid dienone is 1. The Morgan fingerprint density at radius 2 is 2.00 bits per heavy atom. The smallest absolute Gasteiger partial charge is 0.335 e. The van der Waals surface area contributed by atoms with Gasteiger partial charge in [0, 0.05) is 6.54 Å². The molecule has 0 aromatic rings. The first-order chi connectivity index (χ1) is 8.25. The van der Waals surface area contributed by atoms with Crippen LogP contribution in [0.3, 0.4) is 0 Å². The topological polar surface area (TPSA) is 61.4 Å². The first kappa shape index (κ1) is 11.0. The van der Waals surface area contributed by atoms with E-state index in [0.717, 1.165) is 26.2 Å². The molecule has 2 aliphatic heterocycles. The Bertz CT molecular complexity index is 389. The predicted octanol–water partition coefficient (Wildman–Crippen LogP) is 0.238. The Morgan fingerprint density at radius 1 is 1.24 bits per heavy atom. The SMILES string of the molecule is O=C(O)C1=CC2CNCC3CNCC3C2C=C1. The van der Waals surface area contributed by atoms with Crippen LogP contribution in [0.5, 0.6) is 0 Å². The van der Waals surface area contributed by atoms with Crippen molar-refractivity contribution in [1.29, 1.82) is 0 Å². The van der Waals surface area contributed by atoms with Gasteiger partial charge in [-0.25, -0.2) is 4.79 Å². The van der Waals surface area contributed by atoms with Crippen LogP contribution < -0.4 is 10.6 Å². The van der Waals surface area contributed by atoms with Crippen molar-refractivity contribution in [2.24, 2.45) is 23.7 Å². The molecule has 2 fully saturated rings. The minimum atomic E-state index is -0.815. The molecule has 4 nitrogen and oxygen atoms in total. The normalized spacial score (nSPS) is 40.1. The lowest BCUT2D eigenvalue weighted by molar-refractivity contribution is -0.132. The van der Waals surface area contributed by atoms with Gasteiger partial charge >= 0.3 is 5.97 Å². The predicted molar refractivity (Wildman–Crippen MR) is 64.6 cm³/mol. The van der Waals surface area contributed by atoms with Gasteiger partial charge in [-0.2, -0.15) is 0 Å². The fourth-order valence-corrected chi connectivity index (χ4v) is 3.42. The van der Waals surface area contributed by atoms with E-state index in [2.05, 4.69) is 16.7 Å². The molecule has 0 amide bonds. The van der Waals surface area contributed by atoms with Crippen molar-refractivity contribution in [3.05, 3.63) is 23.8 Å². The third-order valence-corrected chi connectivity index (χ3v) is 4.31. The van der Waals surface area contributed by atoms with E-state index >= 15 is 0 Å². The summed E-state index contributed by atoms with van der Waals surface area (Å²) in [7, 11) is 0. The second kappa shape index (κ2) is 4.27. The molecule has 0 spiro atoms. The number of hydrogen-bond acceptors (Lipinski definition) is 3. The molecule has 0 radical (unpaired) electrons. The van der Waals surface area contributed by atoms with E-state index in [1.54, 1.807) is 6.08 Å². The molecule has 4 heteroatoms. The number of aliphatic carboxylic acids is 1. The van der Waals surface area contributed by atoms with Crippen LogP contribution in [0.1, 0.15) is 0 Å². The van der Waals surface area contributed by atoms with Gasteiger partial charge in [0.15, 0.2) is 0 Å². The second-order valence-electron chi connectivity index (χ2n) is 5.27. The minimum Gasteiger partial charge on any atom is -0.478 e. The van der Waals surface area contributed by atoms with E-state index in [1.165, 1.54) is 0 Å². The van der Waals surface area contributed by atoms with Gasteiger partial charge in [0.05, 0.1) is 5.57 Å². The molecular weight excluding hydrogens is 216 g/mol. The zero-order valence-electron chi connectivity index (χ0n) is 9.73. The molecule has 0 bridgehead atoms. The van der Waals surface area contributed by atoms with Crippen LogP contribution in [0.2, 0.25) is 0 Å².